The average Bonchev–Trinajstić information content (AvgIpc) is 2.08. The van der Waals surface area contributed by atoms with E-state index in [2.05, 4.69) is 0 Å². The summed E-state index contributed by atoms with van der Waals surface area (Å²) in [6, 6.07) is 7.02. The van der Waals surface area contributed by atoms with Crippen LogP contribution in [0, 0.1) is 0 Å². The molecule has 0 saturated carbocycles. The normalized spacial score (nSPS) is 12.5. The number of carbonyl (C=O) groups excluding carboxylic acids is 1. The second kappa shape index (κ2) is 4.53. The van der Waals surface area contributed by atoms with Crippen molar-refractivity contribution in [2.45, 2.75) is 17.1 Å². The molecule has 1 aromatic rings. The maximum atomic E-state index is 10.4. The molecule has 2 nitrogen and oxygen atoms in total. The summed E-state index contributed by atoms with van der Waals surface area (Å²) in [5, 5.41) is 10.5. The van der Waals surface area contributed by atoms with Gasteiger partial charge in [0.15, 0.2) is 0 Å². The Morgan fingerprint density at radius 1 is 1.46 bits per heavy atom. The molecule has 70 valence electrons. The van der Waals surface area contributed by atoms with Crippen LogP contribution in [-0.2, 0) is 4.79 Å². The summed E-state index contributed by atoms with van der Waals surface area (Å²) in [4.78, 5) is 11.3. The molecule has 0 radical (unpaired) electrons. The Morgan fingerprint density at radius 3 is 2.46 bits per heavy atom. The maximum absolute atomic E-state index is 10.4. The van der Waals surface area contributed by atoms with Crippen molar-refractivity contribution in [2.75, 3.05) is 0 Å². The highest BCUT2D eigenvalue weighted by Crippen LogP contribution is 2.24. The number of rotatable bonds is 3. The number of hydrogen-bond acceptors (Lipinski definition) is 3. The fourth-order valence-corrected chi connectivity index (χ4v) is 1.69. The van der Waals surface area contributed by atoms with E-state index in [0.29, 0.717) is 5.02 Å². The number of hydrogen-bond donors (Lipinski definition) is 0. The van der Waals surface area contributed by atoms with E-state index in [0.717, 1.165) is 4.90 Å². The summed E-state index contributed by atoms with van der Waals surface area (Å²) in [6.07, 6.45) is 0. The Balaban J connectivity index is 2.64. The van der Waals surface area contributed by atoms with Crippen molar-refractivity contribution in [3.8, 4) is 0 Å². The minimum Gasteiger partial charge on any atom is -0.549 e. The molecule has 0 bridgehead atoms. The number of benzene rings is 1. The van der Waals surface area contributed by atoms with E-state index in [4.69, 9.17) is 11.6 Å². The van der Waals surface area contributed by atoms with Gasteiger partial charge in [-0.2, -0.15) is 0 Å². The largest absolute Gasteiger partial charge is 0.549 e. The Bertz CT molecular complexity index is 297. The van der Waals surface area contributed by atoms with Crippen molar-refractivity contribution in [3.05, 3.63) is 29.3 Å². The molecule has 0 heterocycles. The lowest BCUT2D eigenvalue weighted by molar-refractivity contribution is -0.304. The lowest BCUT2D eigenvalue weighted by Gasteiger charge is -2.11. The van der Waals surface area contributed by atoms with E-state index in [1.807, 2.05) is 0 Å². The summed E-state index contributed by atoms with van der Waals surface area (Å²) in [5.74, 6) is -1.06. The van der Waals surface area contributed by atoms with Crippen LogP contribution in [0.4, 0.5) is 0 Å². The van der Waals surface area contributed by atoms with Gasteiger partial charge in [0.05, 0.1) is 5.97 Å². The summed E-state index contributed by atoms with van der Waals surface area (Å²) < 4.78 is 0. The number of aliphatic carboxylic acids is 1. The highest BCUT2D eigenvalue weighted by molar-refractivity contribution is 8.00. The first kappa shape index (κ1) is 10.4. The Morgan fingerprint density at radius 2 is 2.00 bits per heavy atom. The topological polar surface area (TPSA) is 40.1 Å². The van der Waals surface area contributed by atoms with Gasteiger partial charge in [0.2, 0.25) is 0 Å². The first-order valence-corrected chi connectivity index (χ1v) is 4.98. The third-order valence-corrected chi connectivity index (χ3v) is 2.80. The predicted molar refractivity (Wildman–Crippen MR) is 51.8 cm³/mol. The van der Waals surface area contributed by atoms with Crippen LogP contribution in [-0.4, -0.2) is 11.2 Å². The first-order chi connectivity index (χ1) is 6.09. The van der Waals surface area contributed by atoms with Gasteiger partial charge >= 0.3 is 0 Å². The van der Waals surface area contributed by atoms with Crippen LogP contribution in [0.1, 0.15) is 6.92 Å². The molecular formula is C9H8ClO2S-. The number of thioether (sulfide) groups is 1. The molecule has 1 aromatic carbocycles. The van der Waals surface area contributed by atoms with Gasteiger partial charge in [-0.1, -0.05) is 11.6 Å². The quantitative estimate of drug-likeness (QED) is 0.719. The van der Waals surface area contributed by atoms with Crippen molar-refractivity contribution in [3.63, 3.8) is 0 Å². The van der Waals surface area contributed by atoms with Crippen molar-refractivity contribution >= 4 is 29.3 Å². The molecule has 0 N–H and O–H groups in total. The monoisotopic (exact) mass is 215 g/mol. The minimum absolute atomic E-state index is 0.541. The van der Waals surface area contributed by atoms with E-state index < -0.39 is 11.2 Å². The second-order valence-corrected chi connectivity index (χ2v) is 4.38. The molecule has 0 fully saturated rings. The number of carboxylic acid groups (broad SMARTS) is 1. The van der Waals surface area contributed by atoms with Gasteiger partial charge in [-0.3, -0.25) is 0 Å². The number of halogens is 1. The number of carboxylic acids is 1. The molecule has 13 heavy (non-hydrogen) atoms. The highest BCUT2D eigenvalue weighted by atomic mass is 35.5. The lowest BCUT2D eigenvalue weighted by atomic mass is 10.4. The zero-order chi connectivity index (χ0) is 9.84. The molecule has 0 aliphatic carbocycles. The average molecular weight is 216 g/mol. The van der Waals surface area contributed by atoms with Crippen LogP contribution in [0.5, 0.6) is 0 Å². The summed E-state index contributed by atoms with van der Waals surface area (Å²) in [7, 11) is 0. The zero-order valence-corrected chi connectivity index (χ0v) is 8.56. The van der Waals surface area contributed by atoms with Crippen LogP contribution in [0.15, 0.2) is 29.2 Å². The van der Waals surface area contributed by atoms with Gasteiger partial charge in [-0.25, -0.2) is 0 Å². The van der Waals surface area contributed by atoms with Crippen LogP contribution in [0.3, 0.4) is 0 Å². The van der Waals surface area contributed by atoms with Crippen LogP contribution < -0.4 is 5.11 Å². The van der Waals surface area contributed by atoms with Crippen molar-refractivity contribution in [2.24, 2.45) is 0 Å². The van der Waals surface area contributed by atoms with Crippen molar-refractivity contribution in [1.82, 2.24) is 0 Å². The summed E-state index contributed by atoms with van der Waals surface area (Å²) in [6.45, 7) is 1.59. The lowest BCUT2D eigenvalue weighted by Crippen LogP contribution is -2.31. The number of carbonyl (C=O) groups is 1. The van der Waals surface area contributed by atoms with Gasteiger partial charge in [0, 0.05) is 15.2 Å². The smallest absolute Gasteiger partial charge is 0.0545 e. The van der Waals surface area contributed by atoms with Gasteiger partial charge in [0.1, 0.15) is 0 Å². The van der Waals surface area contributed by atoms with E-state index in [9.17, 15) is 9.90 Å². The molecule has 0 aliphatic heterocycles. The minimum atomic E-state index is -1.06. The third-order valence-electron chi connectivity index (χ3n) is 1.46. The highest BCUT2D eigenvalue weighted by Gasteiger charge is 2.04. The van der Waals surface area contributed by atoms with Gasteiger partial charge in [0.25, 0.3) is 0 Å². The van der Waals surface area contributed by atoms with Gasteiger partial charge < -0.3 is 9.90 Å². The molecule has 0 aromatic heterocycles. The molecule has 0 amide bonds. The summed E-state index contributed by atoms with van der Waals surface area (Å²) in [5.41, 5.74) is 0. The first-order valence-electron chi connectivity index (χ1n) is 3.72. The Hall–Kier alpha value is -0.670. The Labute approximate surface area is 85.9 Å². The summed E-state index contributed by atoms with van der Waals surface area (Å²) >= 11 is 6.91. The van der Waals surface area contributed by atoms with E-state index >= 15 is 0 Å². The van der Waals surface area contributed by atoms with Crippen LogP contribution in [0.25, 0.3) is 0 Å². The van der Waals surface area contributed by atoms with Crippen molar-refractivity contribution < 1.29 is 9.90 Å². The molecule has 0 saturated heterocycles. The maximum Gasteiger partial charge on any atom is 0.0545 e. The fraction of sp³-hybridized carbons (Fsp3) is 0.222. The Kier molecular flexibility index (Phi) is 3.63. The molecule has 0 spiro atoms. The van der Waals surface area contributed by atoms with Crippen LogP contribution in [0.2, 0.25) is 5.02 Å². The van der Waals surface area contributed by atoms with E-state index in [1.54, 1.807) is 31.2 Å². The molecule has 0 aliphatic rings. The molecule has 1 rings (SSSR count). The van der Waals surface area contributed by atoms with Crippen LogP contribution >= 0.6 is 23.4 Å². The molecule has 4 heteroatoms. The zero-order valence-electron chi connectivity index (χ0n) is 6.99. The third kappa shape index (κ3) is 3.28. The van der Waals surface area contributed by atoms with E-state index in [1.165, 1.54) is 11.8 Å². The molecular weight excluding hydrogens is 208 g/mol. The van der Waals surface area contributed by atoms with Gasteiger partial charge in [-0.15, -0.1) is 11.8 Å². The standard InChI is InChI=1S/C9H9ClO2S/c1-6(9(11)12)13-8-4-2-7(10)3-5-8/h2-6H,1H3,(H,11,12)/p-1/t6-/m1/s1. The van der Waals surface area contributed by atoms with Crippen molar-refractivity contribution in [1.29, 1.82) is 0 Å². The SMILES string of the molecule is C[C@@H](Sc1ccc(Cl)cc1)C(=O)[O-]. The fourth-order valence-electron chi connectivity index (χ4n) is 0.765. The molecule has 1 atom stereocenters. The van der Waals surface area contributed by atoms with E-state index in [-0.39, 0.29) is 0 Å². The predicted octanol–water partition coefficient (Wildman–Crippen LogP) is 1.57. The molecule has 0 unspecified atom stereocenters. The second-order valence-electron chi connectivity index (χ2n) is 2.53. The van der Waals surface area contributed by atoms with Gasteiger partial charge in [-0.05, 0) is 31.2 Å².